The molecular weight excluding hydrogens is 152 g/mol. The van der Waals surface area contributed by atoms with Crippen molar-refractivity contribution in [2.24, 2.45) is 0 Å². The van der Waals surface area contributed by atoms with E-state index < -0.39 is 0 Å². The Morgan fingerprint density at radius 3 is 2.50 bits per heavy atom. The summed E-state index contributed by atoms with van der Waals surface area (Å²) in [5.41, 5.74) is 0. The molecule has 0 aromatic heterocycles. The lowest BCUT2D eigenvalue weighted by molar-refractivity contribution is -0.129. The van der Waals surface area contributed by atoms with Gasteiger partial charge in [0.05, 0.1) is 0 Å². The van der Waals surface area contributed by atoms with E-state index in [1.165, 1.54) is 0 Å². The van der Waals surface area contributed by atoms with Gasteiger partial charge in [-0.25, -0.2) is 0 Å². The highest BCUT2D eigenvalue weighted by Gasteiger charge is 2.08. The third-order valence-corrected chi connectivity index (χ3v) is 1.72. The summed E-state index contributed by atoms with van der Waals surface area (Å²) in [5.74, 6) is 0.186. The van der Waals surface area contributed by atoms with Gasteiger partial charge in [-0.3, -0.25) is 4.79 Å². The Morgan fingerprint density at radius 1 is 1.50 bits per heavy atom. The fraction of sp³-hybridized carbons (Fsp3) is 0.889. The number of nitrogens with zero attached hydrogens (tertiary/aromatic N) is 1. The molecule has 72 valence electrons. The third kappa shape index (κ3) is 5.13. The van der Waals surface area contributed by atoms with Crippen molar-refractivity contribution >= 4 is 5.91 Å². The molecule has 12 heavy (non-hydrogen) atoms. The van der Waals surface area contributed by atoms with Gasteiger partial charge in [-0.2, -0.15) is 0 Å². The SMILES string of the molecule is CCCNC(C)CC(=O)N(C)C. The summed E-state index contributed by atoms with van der Waals surface area (Å²) in [6.07, 6.45) is 1.70. The first-order chi connectivity index (χ1) is 5.57. The van der Waals surface area contributed by atoms with Crippen molar-refractivity contribution < 1.29 is 4.79 Å². The Labute approximate surface area is 75.1 Å². The molecule has 0 aromatic rings. The van der Waals surface area contributed by atoms with Crippen LogP contribution >= 0.6 is 0 Å². The van der Waals surface area contributed by atoms with E-state index in [9.17, 15) is 4.79 Å². The van der Waals surface area contributed by atoms with Crippen molar-refractivity contribution in [2.45, 2.75) is 32.7 Å². The van der Waals surface area contributed by atoms with E-state index in [2.05, 4.69) is 12.2 Å². The molecule has 1 unspecified atom stereocenters. The second-order valence-electron chi connectivity index (χ2n) is 3.35. The van der Waals surface area contributed by atoms with Crippen LogP contribution < -0.4 is 5.32 Å². The monoisotopic (exact) mass is 172 g/mol. The number of hydrogen-bond acceptors (Lipinski definition) is 2. The molecule has 0 spiro atoms. The second-order valence-corrected chi connectivity index (χ2v) is 3.35. The normalized spacial score (nSPS) is 12.7. The zero-order valence-corrected chi connectivity index (χ0v) is 8.55. The lowest BCUT2D eigenvalue weighted by atomic mass is 10.2. The fourth-order valence-corrected chi connectivity index (χ4v) is 0.907. The van der Waals surface area contributed by atoms with Crippen LogP contribution in [0.3, 0.4) is 0 Å². The van der Waals surface area contributed by atoms with Gasteiger partial charge in [0.2, 0.25) is 5.91 Å². The molecule has 1 N–H and O–H groups in total. The smallest absolute Gasteiger partial charge is 0.223 e. The highest BCUT2D eigenvalue weighted by Crippen LogP contribution is 1.94. The van der Waals surface area contributed by atoms with E-state index >= 15 is 0 Å². The Hall–Kier alpha value is -0.570. The molecule has 0 rings (SSSR count). The van der Waals surface area contributed by atoms with Gasteiger partial charge in [0, 0.05) is 26.6 Å². The van der Waals surface area contributed by atoms with Crippen LogP contribution in [0.4, 0.5) is 0 Å². The summed E-state index contributed by atoms with van der Waals surface area (Å²) in [6.45, 7) is 5.15. The minimum atomic E-state index is 0.186. The van der Waals surface area contributed by atoms with Crippen LogP contribution in [0.5, 0.6) is 0 Å². The minimum Gasteiger partial charge on any atom is -0.349 e. The lowest BCUT2D eigenvalue weighted by Crippen LogP contribution is -2.33. The summed E-state index contributed by atoms with van der Waals surface area (Å²) in [5, 5.41) is 3.27. The average molecular weight is 172 g/mol. The van der Waals surface area contributed by atoms with Gasteiger partial charge in [-0.05, 0) is 19.9 Å². The minimum absolute atomic E-state index is 0.186. The number of carbonyl (C=O) groups excluding carboxylic acids is 1. The van der Waals surface area contributed by atoms with E-state index in [4.69, 9.17) is 0 Å². The quantitative estimate of drug-likeness (QED) is 0.667. The summed E-state index contributed by atoms with van der Waals surface area (Å²) in [4.78, 5) is 12.8. The van der Waals surface area contributed by atoms with Gasteiger partial charge < -0.3 is 10.2 Å². The molecule has 0 radical (unpaired) electrons. The van der Waals surface area contributed by atoms with Crippen LogP contribution in [-0.2, 0) is 4.79 Å². The van der Waals surface area contributed by atoms with Crippen LogP contribution in [0.25, 0.3) is 0 Å². The van der Waals surface area contributed by atoms with Crippen LogP contribution in [0.15, 0.2) is 0 Å². The van der Waals surface area contributed by atoms with Crippen LogP contribution in [0.1, 0.15) is 26.7 Å². The first-order valence-corrected chi connectivity index (χ1v) is 4.51. The van der Waals surface area contributed by atoms with E-state index in [-0.39, 0.29) is 5.91 Å². The van der Waals surface area contributed by atoms with Gasteiger partial charge in [0.1, 0.15) is 0 Å². The molecule has 0 saturated carbocycles. The first kappa shape index (κ1) is 11.4. The van der Waals surface area contributed by atoms with Crippen molar-refractivity contribution in [3.8, 4) is 0 Å². The van der Waals surface area contributed by atoms with E-state index in [0.29, 0.717) is 12.5 Å². The molecule has 3 nitrogen and oxygen atoms in total. The summed E-state index contributed by atoms with van der Waals surface area (Å²) in [6, 6.07) is 0.292. The third-order valence-electron chi connectivity index (χ3n) is 1.72. The molecule has 0 saturated heterocycles. The van der Waals surface area contributed by atoms with Crippen molar-refractivity contribution in [2.75, 3.05) is 20.6 Å². The molecule has 1 amide bonds. The fourth-order valence-electron chi connectivity index (χ4n) is 0.907. The van der Waals surface area contributed by atoms with Crippen LogP contribution in [0, 0.1) is 0 Å². The van der Waals surface area contributed by atoms with Gasteiger partial charge in [-0.15, -0.1) is 0 Å². The Kier molecular flexibility index (Phi) is 5.72. The molecule has 0 aliphatic heterocycles. The number of hydrogen-bond donors (Lipinski definition) is 1. The molecule has 0 fully saturated rings. The maximum absolute atomic E-state index is 11.2. The molecule has 0 aliphatic carbocycles. The molecule has 0 aromatic carbocycles. The number of carbonyl (C=O) groups is 1. The van der Waals surface area contributed by atoms with Gasteiger partial charge in [-0.1, -0.05) is 6.92 Å². The van der Waals surface area contributed by atoms with Crippen molar-refractivity contribution in [3.63, 3.8) is 0 Å². The highest BCUT2D eigenvalue weighted by atomic mass is 16.2. The van der Waals surface area contributed by atoms with Crippen LogP contribution in [0.2, 0.25) is 0 Å². The summed E-state index contributed by atoms with van der Waals surface area (Å²) in [7, 11) is 3.57. The Morgan fingerprint density at radius 2 is 2.08 bits per heavy atom. The maximum Gasteiger partial charge on any atom is 0.223 e. The number of amides is 1. The molecule has 0 aliphatic rings. The molecule has 0 bridgehead atoms. The first-order valence-electron chi connectivity index (χ1n) is 4.51. The van der Waals surface area contributed by atoms with E-state index in [0.717, 1.165) is 13.0 Å². The zero-order valence-electron chi connectivity index (χ0n) is 8.55. The van der Waals surface area contributed by atoms with Crippen molar-refractivity contribution in [1.29, 1.82) is 0 Å². The van der Waals surface area contributed by atoms with Gasteiger partial charge in [0.25, 0.3) is 0 Å². The van der Waals surface area contributed by atoms with Crippen LogP contribution in [-0.4, -0.2) is 37.5 Å². The van der Waals surface area contributed by atoms with E-state index in [1.807, 2.05) is 6.92 Å². The van der Waals surface area contributed by atoms with Crippen molar-refractivity contribution in [3.05, 3.63) is 0 Å². The predicted octanol–water partition coefficient (Wildman–Crippen LogP) is 0.853. The Bertz CT molecular complexity index is 134. The second kappa shape index (κ2) is 6.00. The summed E-state index contributed by atoms with van der Waals surface area (Å²) < 4.78 is 0. The highest BCUT2D eigenvalue weighted by molar-refractivity contribution is 5.76. The standard InChI is InChI=1S/C9H20N2O/c1-5-6-10-8(2)7-9(12)11(3)4/h8,10H,5-7H2,1-4H3. The molecule has 0 heterocycles. The van der Waals surface area contributed by atoms with Gasteiger partial charge >= 0.3 is 0 Å². The zero-order chi connectivity index (χ0) is 9.56. The largest absolute Gasteiger partial charge is 0.349 e. The van der Waals surface area contributed by atoms with Gasteiger partial charge in [0.15, 0.2) is 0 Å². The van der Waals surface area contributed by atoms with Crippen molar-refractivity contribution in [1.82, 2.24) is 10.2 Å². The maximum atomic E-state index is 11.2. The summed E-state index contributed by atoms with van der Waals surface area (Å²) >= 11 is 0. The molecular formula is C9H20N2O. The number of rotatable bonds is 5. The number of nitrogens with one attached hydrogen (secondary N) is 1. The molecule has 3 heteroatoms. The molecule has 1 atom stereocenters. The Balaban J connectivity index is 3.54. The van der Waals surface area contributed by atoms with E-state index in [1.54, 1.807) is 19.0 Å². The predicted molar refractivity (Wildman–Crippen MR) is 51.1 cm³/mol. The lowest BCUT2D eigenvalue weighted by Gasteiger charge is -2.15. The topological polar surface area (TPSA) is 32.3 Å². The average Bonchev–Trinajstić information content (AvgIpc) is 2.00.